The molecular weight excluding hydrogens is 625 g/mol. The van der Waals surface area contributed by atoms with Gasteiger partial charge in [-0.05, 0) is 44.9 Å². The molecule has 0 bridgehead atoms. The first kappa shape index (κ1) is 50.2. The first-order valence-corrected chi connectivity index (χ1v) is 23.7. The highest BCUT2D eigenvalue weighted by Gasteiger charge is 2.03. The maximum Gasteiger partial charge on any atom is 0.305 e. The summed E-state index contributed by atoms with van der Waals surface area (Å²) < 4.78 is 5.46. The van der Waals surface area contributed by atoms with E-state index in [2.05, 4.69) is 19.1 Å². The molecule has 0 saturated carbocycles. The topological polar surface area (TPSA) is 46.5 Å². The van der Waals surface area contributed by atoms with Crippen LogP contribution in [0.25, 0.3) is 0 Å². The highest BCUT2D eigenvalue weighted by Crippen LogP contribution is 2.17. The largest absolute Gasteiger partial charge is 0.466 e. The fourth-order valence-electron chi connectivity index (χ4n) is 7.41. The summed E-state index contributed by atoms with van der Waals surface area (Å²) in [6, 6.07) is 0. The Hall–Kier alpha value is -0.830. The van der Waals surface area contributed by atoms with E-state index in [1.807, 2.05) is 0 Å². The molecule has 0 fully saturated rings. The van der Waals surface area contributed by atoms with Crippen LogP contribution in [0, 0.1) is 0 Å². The number of aliphatic hydroxyl groups excluding tert-OH is 1. The Labute approximate surface area is 321 Å². The van der Waals surface area contributed by atoms with E-state index in [4.69, 9.17) is 9.84 Å². The average Bonchev–Trinajstić information content (AvgIpc) is 3.14. The van der Waals surface area contributed by atoms with Crippen LogP contribution in [0.15, 0.2) is 12.2 Å². The zero-order chi connectivity index (χ0) is 36.8. The molecule has 0 aliphatic heterocycles. The minimum Gasteiger partial charge on any atom is -0.466 e. The number of carbonyl (C=O) groups is 1. The summed E-state index contributed by atoms with van der Waals surface area (Å²) in [6.45, 7) is 3.26. The molecule has 3 heteroatoms. The van der Waals surface area contributed by atoms with Crippen molar-refractivity contribution in [3.8, 4) is 0 Å². The lowest BCUT2D eigenvalue weighted by molar-refractivity contribution is -0.143. The fraction of sp³-hybridized carbons (Fsp3) is 0.938. The molecular formula is C48H94O3. The quantitative estimate of drug-likeness (QED) is 0.0387. The van der Waals surface area contributed by atoms with Gasteiger partial charge in [0.15, 0.2) is 0 Å². The number of aliphatic hydroxyl groups is 1. The second-order valence-corrected chi connectivity index (χ2v) is 16.2. The maximum atomic E-state index is 12.0. The van der Waals surface area contributed by atoms with Gasteiger partial charge in [-0.25, -0.2) is 0 Å². The molecule has 51 heavy (non-hydrogen) atoms. The van der Waals surface area contributed by atoms with E-state index < -0.39 is 0 Å². The molecule has 1 N–H and O–H groups in total. The van der Waals surface area contributed by atoms with Gasteiger partial charge in [0, 0.05) is 13.0 Å². The molecule has 0 aromatic heterocycles. The normalized spacial score (nSPS) is 11.6. The Morgan fingerprint density at radius 2 is 0.647 bits per heavy atom. The summed E-state index contributed by atoms with van der Waals surface area (Å²) in [5.41, 5.74) is 0. The van der Waals surface area contributed by atoms with E-state index in [0.717, 1.165) is 25.7 Å². The molecule has 0 aliphatic rings. The minimum atomic E-state index is 0.0167. The minimum absolute atomic E-state index is 0.0167. The predicted molar refractivity (Wildman–Crippen MR) is 227 cm³/mol. The number of rotatable bonds is 45. The van der Waals surface area contributed by atoms with Crippen molar-refractivity contribution in [2.45, 2.75) is 277 Å². The van der Waals surface area contributed by atoms with E-state index in [9.17, 15) is 4.79 Å². The van der Waals surface area contributed by atoms with Crippen LogP contribution in [0.4, 0.5) is 0 Å². The van der Waals surface area contributed by atoms with Crippen LogP contribution in [0.2, 0.25) is 0 Å². The predicted octanol–water partition coefficient (Wildman–Crippen LogP) is 16.5. The van der Waals surface area contributed by atoms with E-state index in [1.165, 1.54) is 238 Å². The van der Waals surface area contributed by atoms with Crippen molar-refractivity contribution < 1.29 is 14.6 Å². The number of unbranched alkanes of at least 4 members (excludes halogenated alkanes) is 38. The summed E-state index contributed by atoms with van der Waals surface area (Å²) in [4.78, 5) is 12.0. The van der Waals surface area contributed by atoms with E-state index in [1.54, 1.807) is 0 Å². The van der Waals surface area contributed by atoms with Gasteiger partial charge in [0.2, 0.25) is 0 Å². The van der Waals surface area contributed by atoms with Gasteiger partial charge < -0.3 is 9.84 Å². The third-order valence-electron chi connectivity index (χ3n) is 11.0. The summed E-state index contributed by atoms with van der Waals surface area (Å²) in [5, 5.41) is 8.81. The van der Waals surface area contributed by atoms with Gasteiger partial charge in [0.05, 0.1) is 6.61 Å². The van der Waals surface area contributed by atoms with Crippen molar-refractivity contribution in [2.24, 2.45) is 0 Å². The SMILES string of the molecule is CCCCCC/C=C\CCCCCCCC(=O)OCCCCCCCCCCCCCCCCCCCCCCCCCCCCCCCCO. The summed E-state index contributed by atoms with van der Waals surface area (Å²) in [6.07, 6.45) is 60.6. The number of hydrogen-bond acceptors (Lipinski definition) is 3. The molecule has 0 rings (SSSR count). The standard InChI is InChI=1S/C48H94O3/c1-2-3-4-5-6-7-8-27-30-33-36-39-42-45-48(50)51-47-44-41-38-35-32-29-26-24-22-20-18-16-14-12-10-9-11-13-15-17-19-21-23-25-28-31-34-37-40-43-46-49/h7-8,49H,2-6,9-47H2,1H3/b8-7-. The van der Waals surface area contributed by atoms with Crippen LogP contribution < -0.4 is 0 Å². The van der Waals surface area contributed by atoms with Crippen molar-refractivity contribution in [3.63, 3.8) is 0 Å². The Balaban J connectivity index is 3.14. The second kappa shape index (κ2) is 47.2. The lowest BCUT2D eigenvalue weighted by Crippen LogP contribution is -2.05. The fourth-order valence-corrected chi connectivity index (χ4v) is 7.41. The van der Waals surface area contributed by atoms with E-state index in [-0.39, 0.29) is 5.97 Å². The highest BCUT2D eigenvalue weighted by atomic mass is 16.5. The highest BCUT2D eigenvalue weighted by molar-refractivity contribution is 5.69. The van der Waals surface area contributed by atoms with Crippen LogP contribution in [0.5, 0.6) is 0 Å². The van der Waals surface area contributed by atoms with Crippen LogP contribution in [-0.2, 0) is 9.53 Å². The van der Waals surface area contributed by atoms with E-state index >= 15 is 0 Å². The van der Waals surface area contributed by atoms with Gasteiger partial charge in [-0.3, -0.25) is 4.79 Å². The Morgan fingerprint density at radius 3 is 0.980 bits per heavy atom. The molecule has 0 heterocycles. The number of esters is 1. The van der Waals surface area contributed by atoms with Crippen LogP contribution >= 0.6 is 0 Å². The maximum absolute atomic E-state index is 12.0. The Morgan fingerprint density at radius 1 is 0.373 bits per heavy atom. The first-order valence-electron chi connectivity index (χ1n) is 23.7. The van der Waals surface area contributed by atoms with Gasteiger partial charge in [-0.2, -0.15) is 0 Å². The molecule has 0 saturated heterocycles. The monoisotopic (exact) mass is 719 g/mol. The number of carbonyl (C=O) groups excluding carboxylic acids is 1. The Kier molecular flexibility index (Phi) is 46.4. The van der Waals surface area contributed by atoms with Gasteiger partial charge in [-0.1, -0.05) is 237 Å². The van der Waals surface area contributed by atoms with Crippen molar-refractivity contribution >= 4 is 5.97 Å². The smallest absolute Gasteiger partial charge is 0.305 e. The third-order valence-corrected chi connectivity index (χ3v) is 11.0. The first-order chi connectivity index (χ1) is 25.3. The number of hydrogen-bond donors (Lipinski definition) is 1. The number of allylic oxidation sites excluding steroid dienone is 2. The van der Waals surface area contributed by atoms with Crippen molar-refractivity contribution in [1.82, 2.24) is 0 Å². The van der Waals surface area contributed by atoms with E-state index in [0.29, 0.717) is 19.6 Å². The Bertz CT molecular complexity index is 659. The lowest BCUT2D eigenvalue weighted by Gasteiger charge is -2.06. The zero-order valence-corrected chi connectivity index (χ0v) is 35.0. The summed E-state index contributed by atoms with van der Waals surface area (Å²) >= 11 is 0. The summed E-state index contributed by atoms with van der Waals surface area (Å²) in [7, 11) is 0. The molecule has 304 valence electrons. The lowest BCUT2D eigenvalue weighted by atomic mass is 10.0. The molecule has 0 aromatic rings. The molecule has 0 aliphatic carbocycles. The van der Waals surface area contributed by atoms with Crippen molar-refractivity contribution in [3.05, 3.63) is 12.2 Å². The van der Waals surface area contributed by atoms with Gasteiger partial charge >= 0.3 is 5.97 Å². The molecule has 0 unspecified atom stereocenters. The van der Waals surface area contributed by atoms with Gasteiger partial charge in [0.1, 0.15) is 0 Å². The molecule has 0 atom stereocenters. The third kappa shape index (κ3) is 47.1. The van der Waals surface area contributed by atoms with Crippen LogP contribution in [0.1, 0.15) is 277 Å². The van der Waals surface area contributed by atoms with Crippen molar-refractivity contribution in [2.75, 3.05) is 13.2 Å². The van der Waals surface area contributed by atoms with Crippen LogP contribution in [-0.4, -0.2) is 24.3 Å². The average molecular weight is 719 g/mol. The van der Waals surface area contributed by atoms with Crippen LogP contribution in [0.3, 0.4) is 0 Å². The van der Waals surface area contributed by atoms with Gasteiger partial charge in [-0.15, -0.1) is 0 Å². The van der Waals surface area contributed by atoms with Gasteiger partial charge in [0.25, 0.3) is 0 Å². The molecule has 0 spiro atoms. The molecule has 0 aromatic carbocycles. The molecule has 0 amide bonds. The molecule has 3 nitrogen and oxygen atoms in total. The second-order valence-electron chi connectivity index (χ2n) is 16.2. The number of ether oxygens (including phenoxy) is 1. The zero-order valence-electron chi connectivity index (χ0n) is 35.0. The summed E-state index contributed by atoms with van der Waals surface area (Å²) in [5.74, 6) is 0.0167. The van der Waals surface area contributed by atoms with Crippen molar-refractivity contribution in [1.29, 1.82) is 0 Å². The molecule has 0 radical (unpaired) electrons.